The standard InChI is InChI=1S/C43H47ClN8O6/c44-36-24-33(6-1-28(36)25-45)58-32-7-3-30(4-8-32)51-39(53)12-10-37(43(51)57)52-41(55)34-9-5-31(23-35(34)42(52)56)49-21-19-48(20-22-49)16-13-27-14-17-50(18-15-27)38-11-2-29(26-47-38)40(46)54/h1-2,5-6,9,11,23-24,26-27,30,32,37H,3-4,7-8,10,12-22H2,(H2,46,54). The lowest BCUT2D eigenvalue weighted by Crippen LogP contribution is -2.59. The Morgan fingerprint density at radius 1 is 0.828 bits per heavy atom. The number of anilines is 2. The number of nitrogens with zero attached hydrogens (tertiary/aromatic N) is 7. The summed E-state index contributed by atoms with van der Waals surface area (Å²) in [6, 6.07) is 14.5. The first-order valence-corrected chi connectivity index (χ1v) is 20.7. The number of likely N-dealkylation sites (tertiary alicyclic amines) is 1. The normalized spacial score (nSPS) is 23.3. The topological polar surface area (TPSA) is 173 Å². The van der Waals surface area contributed by atoms with E-state index in [0.717, 1.165) is 81.5 Å². The van der Waals surface area contributed by atoms with E-state index in [4.69, 9.17) is 27.3 Å². The fourth-order valence-corrected chi connectivity index (χ4v) is 9.39. The molecular weight excluding hydrogens is 760 g/mol. The van der Waals surface area contributed by atoms with E-state index < -0.39 is 29.7 Å². The minimum absolute atomic E-state index is 0.0737. The third-order valence-electron chi connectivity index (χ3n) is 12.6. The van der Waals surface area contributed by atoms with E-state index in [9.17, 15) is 24.0 Å². The summed E-state index contributed by atoms with van der Waals surface area (Å²) in [5.74, 6) is -0.167. The van der Waals surface area contributed by atoms with E-state index in [0.29, 0.717) is 59.1 Å². The van der Waals surface area contributed by atoms with Gasteiger partial charge < -0.3 is 20.3 Å². The van der Waals surface area contributed by atoms with Crippen molar-refractivity contribution in [3.8, 4) is 11.8 Å². The third-order valence-corrected chi connectivity index (χ3v) is 12.9. The van der Waals surface area contributed by atoms with Crippen LogP contribution >= 0.6 is 11.6 Å². The molecule has 4 aliphatic heterocycles. The van der Waals surface area contributed by atoms with Gasteiger partial charge in [-0.05, 0) is 106 Å². The van der Waals surface area contributed by atoms with Gasteiger partial charge in [-0.3, -0.25) is 38.7 Å². The van der Waals surface area contributed by atoms with Gasteiger partial charge in [0.2, 0.25) is 11.8 Å². The van der Waals surface area contributed by atoms with E-state index in [1.54, 1.807) is 42.6 Å². The molecule has 1 saturated carbocycles. The van der Waals surface area contributed by atoms with E-state index >= 15 is 0 Å². The van der Waals surface area contributed by atoms with Crippen LogP contribution in [0.15, 0.2) is 54.7 Å². The summed E-state index contributed by atoms with van der Waals surface area (Å²) < 4.78 is 6.11. The van der Waals surface area contributed by atoms with Crippen LogP contribution in [0, 0.1) is 17.2 Å². The number of hydrogen-bond donors (Lipinski definition) is 1. The molecule has 302 valence electrons. The molecule has 2 aromatic carbocycles. The third kappa shape index (κ3) is 7.98. The second-order valence-electron chi connectivity index (χ2n) is 16.0. The predicted octanol–water partition coefficient (Wildman–Crippen LogP) is 4.64. The maximum Gasteiger partial charge on any atom is 0.262 e. The number of fused-ring (bicyclic) bond motifs is 1. The van der Waals surface area contributed by atoms with Gasteiger partial charge in [0.1, 0.15) is 23.7 Å². The van der Waals surface area contributed by atoms with Crippen LogP contribution in [0.25, 0.3) is 0 Å². The molecule has 5 amide bonds. The number of pyridine rings is 1. The molecule has 5 heterocycles. The highest BCUT2D eigenvalue weighted by Crippen LogP contribution is 2.35. The molecule has 0 radical (unpaired) electrons. The molecule has 1 aliphatic carbocycles. The number of nitriles is 1. The van der Waals surface area contributed by atoms with Crippen LogP contribution in [0.1, 0.15) is 94.4 Å². The first-order chi connectivity index (χ1) is 28.1. The Morgan fingerprint density at radius 3 is 2.24 bits per heavy atom. The van der Waals surface area contributed by atoms with Crippen LogP contribution in [0.5, 0.6) is 5.75 Å². The Kier molecular flexibility index (Phi) is 11.4. The zero-order valence-electron chi connectivity index (χ0n) is 32.4. The predicted molar refractivity (Wildman–Crippen MR) is 216 cm³/mol. The van der Waals surface area contributed by atoms with Crippen LogP contribution in [-0.2, 0) is 9.59 Å². The van der Waals surface area contributed by atoms with Crippen molar-refractivity contribution in [2.24, 2.45) is 11.7 Å². The zero-order valence-corrected chi connectivity index (χ0v) is 33.1. The maximum atomic E-state index is 14.0. The number of hydrogen-bond acceptors (Lipinski definition) is 11. The van der Waals surface area contributed by atoms with Gasteiger partial charge in [-0.25, -0.2) is 4.98 Å². The molecule has 1 aromatic heterocycles. The molecule has 15 heteroatoms. The quantitative estimate of drug-likeness (QED) is 0.283. The highest BCUT2D eigenvalue weighted by Gasteiger charge is 2.49. The Balaban J connectivity index is 0.819. The Hall–Kier alpha value is -5.52. The minimum atomic E-state index is -1.04. The van der Waals surface area contributed by atoms with Gasteiger partial charge in [0.25, 0.3) is 17.7 Å². The number of aromatic nitrogens is 1. The molecule has 3 aromatic rings. The number of ether oxygens (including phenoxy) is 1. The van der Waals surface area contributed by atoms with Crippen molar-refractivity contribution in [1.29, 1.82) is 5.26 Å². The fraction of sp³-hybridized carbons (Fsp3) is 0.465. The number of piperidine rings is 2. The highest BCUT2D eigenvalue weighted by molar-refractivity contribution is 6.31. The van der Waals surface area contributed by atoms with Gasteiger partial charge in [0.15, 0.2) is 0 Å². The van der Waals surface area contributed by atoms with Gasteiger partial charge in [0, 0.05) is 69.7 Å². The molecular formula is C43H47ClN8O6. The first-order valence-electron chi connectivity index (χ1n) is 20.3. The molecule has 8 rings (SSSR count). The number of piperazine rings is 1. The first kappa shape index (κ1) is 39.3. The summed E-state index contributed by atoms with van der Waals surface area (Å²) in [5, 5.41) is 9.46. The number of amides is 5. The number of halogens is 1. The van der Waals surface area contributed by atoms with E-state index in [-0.39, 0.29) is 36.5 Å². The monoisotopic (exact) mass is 806 g/mol. The average molecular weight is 807 g/mol. The molecule has 1 unspecified atom stereocenters. The molecule has 58 heavy (non-hydrogen) atoms. The van der Waals surface area contributed by atoms with E-state index in [1.807, 2.05) is 18.2 Å². The van der Waals surface area contributed by atoms with Crippen molar-refractivity contribution in [2.75, 3.05) is 55.6 Å². The fourth-order valence-electron chi connectivity index (χ4n) is 9.18. The number of carbonyl (C=O) groups excluding carboxylic acids is 5. The second kappa shape index (κ2) is 16.8. The van der Waals surface area contributed by atoms with Crippen LogP contribution in [0.3, 0.4) is 0 Å². The van der Waals surface area contributed by atoms with Gasteiger partial charge in [-0.15, -0.1) is 0 Å². The van der Waals surface area contributed by atoms with Gasteiger partial charge in [-0.2, -0.15) is 5.26 Å². The van der Waals surface area contributed by atoms with E-state index in [1.165, 1.54) is 4.90 Å². The van der Waals surface area contributed by atoms with Crippen LogP contribution in [-0.4, -0.2) is 113 Å². The lowest BCUT2D eigenvalue weighted by atomic mass is 9.89. The van der Waals surface area contributed by atoms with Crippen molar-refractivity contribution < 1.29 is 28.7 Å². The number of rotatable bonds is 10. The lowest BCUT2D eigenvalue weighted by molar-refractivity contribution is -0.155. The smallest absolute Gasteiger partial charge is 0.262 e. The average Bonchev–Trinajstić information content (AvgIpc) is 3.49. The summed E-state index contributed by atoms with van der Waals surface area (Å²) in [6.07, 6.45) is 7.16. The van der Waals surface area contributed by atoms with Crippen LogP contribution in [0.4, 0.5) is 11.5 Å². The van der Waals surface area contributed by atoms with Crippen molar-refractivity contribution in [1.82, 2.24) is 19.7 Å². The van der Waals surface area contributed by atoms with Crippen molar-refractivity contribution in [3.05, 3.63) is 82.0 Å². The number of carbonyl (C=O) groups is 5. The molecule has 0 spiro atoms. The molecule has 5 aliphatic rings. The van der Waals surface area contributed by atoms with Crippen LogP contribution in [0.2, 0.25) is 5.02 Å². The summed E-state index contributed by atoms with van der Waals surface area (Å²) in [4.78, 5) is 80.0. The Morgan fingerprint density at radius 2 is 1.57 bits per heavy atom. The highest BCUT2D eigenvalue weighted by atomic mass is 35.5. The van der Waals surface area contributed by atoms with Crippen LogP contribution < -0.4 is 20.3 Å². The van der Waals surface area contributed by atoms with Gasteiger partial charge >= 0.3 is 0 Å². The largest absolute Gasteiger partial charge is 0.490 e. The molecule has 0 bridgehead atoms. The summed E-state index contributed by atoms with van der Waals surface area (Å²) in [7, 11) is 0. The maximum absolute atomic E-state index is 14.0. The summed E-state index contributed by atoms with van der Waals surface area (Å²) in [6.45, 7) is 6.26. The van der Waals surface area contributed by atoms with Gasteiger partial charge in [-0.1, -0.05) is 11.6 Å². The van der Waals surface area contributed by atoms with Gasteiger partial charge in [0.05, 0.1) is 33.4 Å². The summed E-state index contributed by atoms with van der Waals surface area (Å²) in [5.41, 5.74) is 7.59. The SMILES string of the molecule is N#Cc1ccc(OC2CCC(N3C(=O)CCC(N4C(=O)c5ccc(N6CCN(CCC7CCN(c8ccc(C(N)=O)cn8)CC7)CC6)cc5C4=O)C3=O)CC2)cc1Cl. The number of nitrogens with two attached hydrogens (primary N) is 1. The molecule has 3 saturated heterocycles. The van der Waals surface area contributed by atoms with Crippen molar-refractivity contribution in [3.63, 3.8) is 0 Å². The zero-order chi connectivity index (χ0) is 40.5. The number of imide groups is 2. The summed E-state index contributed by atoms with van der Waals surface area (Å²) >= 11 is 6.17. The molecule has 4 fully saturated rings. The van der Waals surface area contributed by atoms with Crippen molar-refractivity contribution in [2.45, 2.75) is 76.0 Å². The second-order valence-corrected chi connectivity index (χ2v) is 16.4. The molecule has 2 N–H and O–H groups in total. The van der Waals surface area contributed by atoms with E-state index in [2.05, 4.69) is 19.7 Å². The number of primary amides is 1. The number of benzene rings is 2. The van der Waals surface area contributed by atoms with Crippen molar-refractivity contribution >= 4 is 52.6 Å². The Labute approximate surface area is 342 Å². The lowest BCUT2D eigenvalue weighted by Gasteiger charge is -2.41. The Bertz CT molecular complexity index is 2130. The molecule has 1 atom stereocenters. The molecule has 14 nitrogen and oxygen atoms in total. The minimum Gasteiger partial charge on any atom is -0.490 e.